The summed E-state index contributed by atoms with van der Waals surface area (Å²) in [5, 5.41) is 28.2. The molecule has 0 bridgehead atoms. The number of halogens is 1. The molecule has 1 aromatic carbocycles. The fourth-order valence-electron chi connectivity index (χ4n) is 1.59. The zero-order chi connectivity index (χ0) is 15.3. The van der Waals surface area contributed by atoms with Crippen LogP contribution in [0.3, 0.4) is 0 Å². The molecule has 0 aliphatic carbocycles. The third kappa shape index (κ3) is 4.59. The highest BCUT2D eigenvalue weighted by atomic mass is 32.2. The molecule has 7 heteroatoms. The van der Waals surface area contributed by atoms with E-state index >= 15 is 0 Å². The summed E-state index contributed by atoms with van der Waals surface area (Å²) in [5.41, 5.74) is -0.407. The lowest BCUT2D eigenvalue weighted by molar-refractivity contribution is -0.109. The van der Waals surface area contributed by atoms with Crippen molar-refractivity contribution in [2.75, 3.05) is 5.75 Å². The van der Waals surface area contributed by atoms with Crippen molar-refractivity contribution < 1.29 is 29.3 Å². The molecule has 0 saturated heterocycles. The van der Waals surface area contributed by atoms with Gasteiger partial charge in [0.05, 0.1) is 11.7 Å². The molecule has 110 valence electrons. The Labute approximate surface area is 119 Å². The van der Waals surface area contributed by atoms with Gasteiger partial charge in [0.2, 0.25) is 0 Å². The van der Waals surface area contributed by atoms with Gasteiger partial charge in [0.25, 0.3) is 0 Å². The Balaban J connectivity index is 2.73. The Kier molecular flexibility index (Phi) is 6.12. The van der Waals surface area contributed by atoms with E-state index in [2.05, 4.69) is 0 Å². The van der Waals surface area contributed by atoms with Crippen molar-refractivity contribution in [3.63, 3.8) is 0 Å². The first kappa shape index (κ1) is 16.6. The lowest BCUT2D eigenvalue weighted by Gasteiger charge is -2.18. The van der Waals surface area contributed by atoms with E-state index < -0.39 is 24.0 Å². The molecular weight excluding hydrogens is 287 g/mol. The van der Waals surface area contributed by atoms with E-state index in [0.717, 1.165) is 30.0 Å². The molecule has 1 rings (SSSR count). The number of carbonyl (C=O) groups is 2. The molecular formula is C13H15FO5S. The molecule has 0 fully saturated rings. The smallest absolute Gasteiger partial charge is 0.335 e. The van der Waals surface area contributed by atoms with Crippen LogP contribution in [-0.2, 0) is 4.79 Å². The second-order valence-electron chi connectivity index (χ2n) is 4.18. The summed E-state index contributed by atoms with van der Waals surface area (Å²) >= 11 is 1.00. The minimum Gasteiger partial charge on any atom is -0.478 e. The van der Waals surface area contributed by atoms with Gasteiger partial charge in [-0.25, -0.2) is 9.18 Å². The van der Waals surface area contributed by atoms with Crippen LogP contribution in [0.15, 0.2) is 18.2 Å². The number of aliphatic hydroxyl groups excluding tert-OH is 2. The molecule has 0 aromatic heterocycles. The first-order chi connectivity index (χ1) is 9.32. The van der Waals surface area contributed by atoms with Gasteiger partial charge in [-0.3, -0.25) is 4.79 Å². The molecule has 2 unspecified atom stereocenters. The molecule has 0 radical (unpaired) electrons. The second kappa shape index (κ2) is 7.37. The molecule has 2 atom stereocenters. The summed E-state index contributed by atoms with van der Waals surface area (Å²) in [5.74, 6) is -1.86. The Morgan fingerprint density at radius 3 is 2.50 bits per heavy atom. The number of benzene rings is 1. The predicted molar refractivity (Wildman–Crippen MR) is 72.1 cm³/mol. The van der Waals surface area contributed by atoms with E-state index in [1.165, 1.54) is 6.92 Å². The van der Waals surface area contributed by atoms with Gasteiger partial charge in [0.1, 0.15) is 11.9 Å². The average Bonchev–Trinajstić information content (AvgIpc) is 2.37. The number of aliphatic hydroxyl groups is 2. The zero-order valence-corrected chi connectivity index (χ0v) is 11.6. The SMILES string of the molecule is CC(=O)SCCC(O)C(O)c1ccc(C(=O)O)cc1F. The molecule has 20 heavy (non-hydrogen) atoms. The number of carbonyl (C=O) groups excluding carboxylic acids is 1. The van der Waals surface area contributed by atoms with Crippen LogP contribution in [0, 0.1) is 5.82 Å². The predicted octanol–water partition coefficient (Wildman–Crippen LogP) is 1.59. The largest absolute Gasteiger partial charge is 0.478 e. The van der Waals surface area contributed by atoms with Crippen LogP contribution in [0.5, 0.6) is 0 Å². The highest BCUT2D eigenvalue weighted by molar-refractivity contribution is 8.13. The number of thioether (sulfide) groups is 1. The first-order valence-electron chi connectivity index (χ1n) is 5.85. The third-order valence-corrected chi connectivity index (χ3v) is 3.50. The molecule has 0 aliphatic heterocycles. The van der Waals surface area contributed by atoms with Crippen molar-refractivity contribution in [1.82, 2.24) is 0 Å². The summed E-state index contributed by atoms with van der Waals surface area (Å²) in [4.78, 5) is 21.4. The Bertz CT molecular complexity index is 506. The van der Waals surface area contributed by atoms with Gasteiger partial charge < -0.3 is 15.3 Å². The molecule has 0 heterocycles. The maximum Gasteiger partial charge on any atom is 0.335 e. The quantitative estimate of drug-likeness (QED) is 0.738. The minimum atomic E-state index is -1.47. The van der Waals surface area contributed by atoms with E-state index in [1.54, 1.807) is 0 Å². The number of rotatable bonds is 6. The number of carboxylic acid groups (broad SMARTS) is 1. The lowest BCUT2D eigenvalue weighted by Crippen LogP contribution is -2.20. The topological polar surface area (TPSA) is 94.8 Å². The Morgan fingerprint density at radius 2 is 2.00 bits per heavy atom. The van der Waals surface area contributed by atoms with Gasteiger partial charge in [-0.1, -0.05) is 17.8 Å². The standard InChI is InChI=1S/C13H15FO5S/c1-7(15)20-5-4-11(16)12(17)9-3-2-8(13(18)19)6-10(9)14/h2-3,6,11-12,16-17H,4-5H2,1H3,(H,18,19). The van der Waals surface area contributed by atoms with Crippen LogP contribution in [0.4, 0.5) is 4.39 Å². The number of hydrogen-bond acceptors (Lipinski definition) is 5. The van der Waals surface area contributed by atoms with E-state index in [0.29, 0.717) is 5.75 Å². The van der Waals surface area contributed by atoms with Crippen LogP contribution >= 0.6 is 11.8 Å². The highest BCUT2D eigenvalue weighted by Gasteiger charge is 2.22. The van der Waals surface area contributed by atoms with Gasteiger partial charge in [0.15, 0.2) is 5.12 Å². The molecule has 0 amide bonds. The van der Waals surface area contributed by atoms with Crippen molar-refractivity contribution in [2.24, 2.45) is 0 Å². The summed E-state index contributed by atoms with van der Waals surface area (Å²) in [6.07, 6.45) is -2.58. The highest BCUT2D eigenvalue weighted by Crippen LogP contribution is 2.24. The van der Waals surface area contributed by atoms with Crippen LogP contribution in [0.25, 0.3) is 0 Å². The summed E-state index contributed by atoms with van der Waals surface area (Å²) in [7, 11) is 0. The molecule has 0 spiro atoms. The monoisotopic (exact) mass is 302 g/mol. The van der Waals surface area contributed by atoms with Gasteiger partial charge >= 0.3 is 5.97 Å². The fourth-order valence-corrected chi connectivity index (χ4v) is 2.24. The molecule has 5 nitrogen and oxygen atoms in total. The number of hydrogen-bond donors (Lipinski definition) is 3. The van der Waals surface area contributed by atoms with Crippen molar-refractivity contribution in [3.8, 4) is 0 Å². The molecule has 1 aromatic rings. The van der Waals surface area contributed by atoms with Crippen molar-refractivity contribution in [3.05, 3.63) is 35.1 Å². The number of aromatic carboxylic acids is 1. The van der Waals surface area contributed by atoms with Gasteiger partial charge in [-0.2, -0.15) is 0 Å². The Morgan fingerprint density at radius 1 is 1.35 bits per heavy atom. The van der Waals surface area contributed by atoms with Gasteiger partial charge in [0, 0.05) is 18.2 Å². The second-order valence-corrected chi connectivity index (χ2v) is 5.45. The first-order valence-corrected chi connectivity index (χ1v) is 6.83. The van der Waals surface area contributed by atoms with E-state index in [4.69, 9.17) is 5.11 Å². The van der Waals surface area contributed by atoms with Crippen LogP contribution in [0.1, 0.15) is 35.4 Å². The number of carboxylic acids is 1. The molecule has 0 saturated carbocycles. The lowest BCUT2D eigenvalue weighted by atomic mass is 10.0. The van der Waals surface area contributed by atoms with Gasteiger partial charge in [-0.15, -0.1) is 0 Å². The summed E-state index contributed by atoms with van der Waals surface area (Å²) < 4.78 is 13.7. The summed E-state index contributed by atoms with van der Waals surface area (Å²) in [6, 6.07) is 3.07. The van der Waals surface area contributed by atoms with Crippen molar-refractivity contribution in [1.29, 1.82) is 0 Å². The summed E-state index contributed by atoms with van der Waals surface area (Å²) in [6.45, 7) is 1.39. The van der Waals surface area contributed by atoms with Crippen LogP contribution in [-0.4, -0.2) is 38.3 Å². The van der Waals surface area contributed by atoms with Gasteiger partial charge in [-0.05, 0) is 18.6 Å². The van der Waals surface area contributed by atoms with E-state index in [-0.39, 0.29) is 22.7 Å². The van der Waals surface area contributed by atoms with Crippen molar-refractivity contribution in [2.45, 2.75) is 25.6 Å². The average molecular weight is 302 g/mol. The zero-order valence-electron chi connectivity index (χ0n) is 10.7. The minimum absolute atomic E-state index is 0.108. The fraction of sp³-hybridized carbons (Fsp3) is 0.385. The van der Waals surface area contributed by atoms with Crippen molar-refractivity contribution >= 4 is 22.8 Å². The van der Waals surface area contributed by atoms with Crippen LogP contribution < -0.4 is 0 Å². The maximum absolute atomic E-state index is 13.7. The van der Waals surface area contributed by atoms with E-state index in [1.807, 2.05) is 0 Å². The normalized spacial score (nSPS) is 13.8. The molecule has 3 N–H and O–H groups in total. The maximum atomic E-state index is 13.7. The van der Waals surface area contributed by atoms with Crippen LogP contribution in [0.2, 0.25) is 0 Å². The Hall–Kier alpha value is -1.44. The third-order valence-electron chi connectivity index (χ3n) is 2.65. The molecule has 0 aliphatic rings. The van der Waals surface area contributed by atoms with E-state index in [9.17, 15) is 24.2 Å².